The summed E-state index contributed by atoms with van der Waals surface area (Å²) in [6.45, 7) is 5.63. The number of carbonyl (C=O) groups is 3. The van der Waals surface area contributed by atoms with E-state index in [1.54, 1.807) is 21.9 Å². The average Bonchev–Trinajstić information content (AvgIpc) is 2.95. The number of hydrogen-bond donors (Lipinski definition) is 0. The SMILES string of the molecule is CC1CCN(C(=O)CN2C(=O)c3ccccc3N3C(=O)CC[C@@]23C)CC1. The first-order valence-electron chi connectivity index (χ1n) is 9.43. The largest absolute Gasteiger partial charge is 0.341 e. The molecule has 3 aliphatic heterocycles. The number of amides is 3. The number of piperidine rings is 1. The van der Waals surface area contributed by atoms with Gasteiger partial charge < -0.3 is 9.80 Å². The standard InChI is InChI=1S/C20H25N3O3/c1-14-8-11-21(12-9-14)18(25)13-22-19(26)15-5-3-4-6-16(15)23-17(24)7-10-20(22,23)2/h3-6,14H,7-13H2,1-2H3/t20-/m0/s1. The number of fused-ring (bicyclic) bond motifs is 3. The lowest BCUT2D eigenvalue weighted by Gasteiger charge is -2.48. The third-order valence-electron chi connectivity index (χ3n) is 6.18. The van der Waals surface area contributed by atoms with Crippen LogP contribution >= 0.6 is 0 Å². The van der Waals surface area contributed by atoms with Gasteiger partial charge in [-0.2, -0.15) is 0 Å². The quantitative estimate of drug-likeness (QED) is 0.817. The Morgan fingerprint density at radius 3 is 2.62 bits per heavy atom. The highest BCUT2D eigenvalue weighted by atomic mass is 16.2. The van der Waals surface area contributed by atoms with Crippen LogP contribution in [-0.4, -0.2) is 52.8 Å². The number of anilines is 1. The lowest BCUT2D eigenvalue weighted by Crippen LogP contribution is -2.64. The highest BCUT2D eigenvalue weighted by molar-refractivity contribution is 6.11. The molecule has 0 spiro atoms. The summed E-state index contributed by atoms with van der Waals surface area (Å²) < 4.78 is 0. The molecule has 0 unspecified atom stereocenters. The van der Waals surface area contributed by atoms with Crippen molar-refractivity contribution in [1.82, 2.24) is 9.80 Å². The van der Waals surface area contributed by atoms with E-state index in [4.69, 9.17) is 0 Å². The van der Waals surface area contributed by atoms with E-state index in [1.165, 1.54) is 0 Å². The normalized spacial score (nSPS) is 26.2. The van der Waals surface area contributed by atoms with E-state index >= 15 is 0 Å². The molecule has 4 rings (SSSR count). The highest BCUT2D eigenvalue weighted by Gasteiger charge is 2.53. The smallest absolute Gasteiger partial charge is 0.258 e. The molecule has 3 amide bonds. The van der Waals surface area contributed by atoms with Gasteiger partial charge in [0.15, 0.2) is 0 Å². The molecular formula is C20H25N3O3. The maximum Gasteiger partial charge on any atom is 0.258 e. The molecule has 3 heterocycles. The van der Waals surface area contributed by atoms with Gasteiger partial charge in [0.25, 0.3) is 5.91 Å². The van der Waals surface area contributed by atoms with Gasteiger partial charge in [-0.3, -0.25) is 19.3 Å². The van der Waals surface area contributed by atoms with Crippen LogP contribution in [-0.2, 0) is 9.59 Å². The van der Waals surface area contributed by atoms with Gasteiger partial charge in [-0.25, -0.2) is 0 Å². The van der Waals surface area contributed by atoms with Gasteiger partial charge in [0.05, 0.1) is 11.3 Å². The van der Waals surface area contributed by atoms with Crippen LogP contribution in [0.2, 0.25) is 0 Å². The Kier molecular flexibility index (Phi) is 4.01. The lowest BCUT2D eigenvalue weighted by atomic mass is 9.97. The van der Waals surface area contributed by atoms with Gasteiger partial charge in [0, 0.05) is 19.5 Å². The number of nitrogens with zero attached hydrogens (tertiary/aromatic N) is 3. The second kappa shape index (κ2) is 6.11. The minimum absolute atomic E-state index is 0.0108. The van der Waals surface area contributed by atoms with E-state index in [0.717, 1.165) is 25.9 Å². The second-order valence-corrected chi connectivity index (χ2v) is 7.92. The zero-order valence-corrected chi connectivity index (χ0v) is 15.4. The molecule has 1 aromatic carbocycles. The van der Waals surface area contributed by atoms with Crippen LogP contribution in [0.4, 0.5) is 5.69 Å². The molecule has 0 radical (unpaired) electrons. The van der Waals surface area contributed by atoms with Gasteiger partial charge in [0.1, 0.15) is 12.2 Å². The molecule has 2 saturated heterocycles. The topological polar surface area (TPSA) is 60.9 Å². The van der Waals surface area contributed by atoms with Crippen LogP contribution in [0.15, 0.2) is 24.3 Å². The Morgan fingerprint density at radius 2 is 1.88 bits per heavy atom. The minimum atomic E-state index is -0.763. The van der Waals surface area contributed by atoms with Crippen molar-refractivity contribution in [2.45, 2.75) is 45.2 Å². The molecular weight excluding hydrogens is 330 g/mol. The summed E-state index contributed by atoms with van der Waals surface area (Å²) in [4.78, 5) is 43.8. The maximum atomic E-state index is 13.2. The van der Waals surface area contributed by atoms with Gasteiger partial charge in [-0.05, 0) is 44.2 Å². The lowest BCUT2D eigenvalue weighted by molar-refractivity contribution is -0.134. The number of carbonyl (C=O) groups excluding carboxylic acids is 3. The van der Waals surface area contributed by atoms with Crippen LogP contribution in [0.1, 0.15) is 49.9 Å². The number of likely N-dealkylation sites (tertiary alicyclic amines) is 1. The van der Waals surface area contributed by atoms with E-state index in [2.05, 4.69) is 6.92 Å². The monoisotopic (exact) mass is 355 g/mol. The van der Waals surface area contributed by atoms with Gasteiger partial charge in [-0.1, -0.05) is 19.1 Å². The van der Waals surface area contributed by atoms with Crippen molar-refractivity contribution in [3.05, 3.63) is 29.8 Å². The third-order valence-corrected chi connectivity index (χ3v) is 6.18. The van der Waals surface area contributed by atoms with Crippen molar-refractivity contribution in [3.63, 3.8) is 0 Å². The van der Waals surface area contributed by atoms with Crippen molar-refractivity contribution in [2.24, 2.45) is 5.92 Å². The van der Waals surface area contributed by atoms with E-state index < -0.39 is 5.66 Å². The van der Waals surface area contributed by atoms with Crippen molar-refractivity contribution in [3.8, 4) is 0 Å². The second-order valence-electron chi connectivity index (χ2n) is 7.92. The van der Waals surface area contributed by atoms with Crippen LogP contribution < -0.4 is 4.90 Å². The summed E-state index contributed by atoms with van der Waals surface area (Å²) in [5.41, 5.74) is 0.402. The van der Waals surface area contributed by atoms with E-state index in [1.807, 2.05) is 24.0 Å². The summed E-state index contributed by atoms with van der Waals surface area (Å²) in [6, 6.07) is 7.20. The molecule has 0 aromatic heterocycles. The fourth-order valence-corrected chi connectivity index (χ4v) is 4.43. The summed E-state index contributed by atoms with van der Waals surface area (Å²) in [6.07, 6.45) is 2.95. The Hall–Kier alpha value is -2.37. The Labute approximate surface area is 153 Å². The van der Waals surface area contributed by atoms with Crippen molar-refractivity contribution >= 4 is 23.4 Å². The fourth-order valence-electron chi connectivity index (χ4n) is 4.43. The van der Waals surface area contributed by atoms with Gasteiger partial charge in [-0.15, -0.1) is 0 Å². The van der Waals surface area contributed by atoms with E-state index in [9.17, 15) is 14.4 Å². The molecule has 6 heteroatoms. The summed E-state index contributed by atoms with van der Waals surface area (Å²) in [5, 5.41) is 0. The molecule has 0 bridgehead atoms. The Balaban J connectivity index is 1.64. The zero-order valence-electron chi connectivity index (χ0n) is 15.4. The predicted octanol–water partition coefficient (Wildman–Crippen LogP) is 2.24. The number of para-hydroxylation sites is 1. The van der Waals surface area contributed by atoms with Crippen LogP contribution in [0, 0.1) is 5.92 Å². The molecule has 0 N–H and O–H groups in total. The molecule has 0 saturated carbocycles. The number of rotatable bonds is 2. The van der Waals surface area contributed by atoms with Crippen LogP contribution in [0.5, 0.6) is 0 Å². The van der Waals surface area contributed by atoms with E-state index in [0.29, 0.717) is 30.0 Å². The Bertz CT molecular complexity index is 769. The molecule has 3 aliphatic rings. The highest BCUT2D eigenvalue weighted by Crippen LogP contribution is 2.43. The van der Waals surface area contributed by atoms with Crippen molar-refractivity contribution in [2.75, 3.05) is 24.5 Å². The zero-order chi connectivity index (χ0) is 18.5. The van der Waals surface area contributed by atoms with E-state index in [-0.39, 0.29) is 24.3 Å². The molecule has 6 nitrogen and oxygen atoms in total. The summed E-state index contributed by atoms with van der Waals surface area (Å²) in [7, 11) is 0. The average molecular weight is 355 g/mol. The third kappa shape index (κ3) is 2.50. The molecule has 138 valence electrons. The molecule has 1 atom stereocenters. The molecule has 1 aromatic rings. The maximum absolute atomic E-state index is 13.2. The van der Waals surface area contributed by atoms with Gasteiger partial charge in [0.2, 0.25) is 11.8 Å². The fraction of sp³-hybridized carbons (Fsp3) is 0.550. The molecule has 26 heavy (non-hydrogen) atoms. The number of benzene rings is 1. The van der Waals surface area contributed by atoms with Crippen molar-refractivity contribution < 1.29 is 14.4 Å². The van der Waals surface area contributed by atoms with Crippen molar-refractivity contribution in [1.29, 1.82) is 0 Å². The predicted molar refractivity (Wildman–Crippen MR) is 97.6 cm³/mol. The first-order valence-corrected chi connectivity index (χ1v) is 9.43. The number of hydrogen-bond acceptors (Lipinski definition) is 3. The Morgan fingerprint density at radius 1 is 1.19 bits per heavy atom. The van der Waals surface area contributed by atoms with Crippen LogP contribution in [0.25, 0.3) is 0 Å². The first kappa shape index (κ1) is 17.1. The minimum Gasteiger partial charge on any atom is -0.341 e. The molecule has 0 aliphatic carbocycles. The summed E-state index contributed by atoms with van der Waals surface area (Å²) >= 11 is 0. The summed E-state index contributed by atoms with van der Waals surface area (Å²) in [5.74, 6) is 0.470. The van der Waals surface area contributed by atoms with Gasteiger partial charge >= 0.3 is 0 Å². The molecule has 2 fully saturated rings. The van der Waals surface area contributed by atoms with Crippen LogP contribution in [0.3, 0.4) is 0 Å². The first-order chi connectivity index (χ1) is 12.4.